The van der Waals surface area contributed by atoms with Gasteiger partial charge in [-0.3, -0.25) is 0 Å². The maximum absolute atomic E-state index is 9.86. The van der Waals surface area contributed by atoms with Crippen LogP contribution < -0.4 is 0 Å². The van der Waals surface area contributed by atoms with Crippen LogP contribution in [0.3, 0.4) is 0 Å². The van der Waals surface area contributed by atoms with Crippen LogP contribution in [-0.2, 0) is 0 Å². The predicted molar refractivity (Wildman–Crippen MR) is 52.7 cm³/mol. The molecule has 3 heteroatoms. The third kappa shape index (κ3) is 1.81. The summed E-state index contributed by atoms with van der Waals surface area (Å²) < 4.78 is 0. The van der Waals surface area contributed by atoms with Crippen LogP contribution in [0.25, 0.3) is 0 Å². The molecular weight excluding hydrogens is 180 g/mol. The summed E-state index contributed by atoms with van der Waals surface area (Å²) in [7, 11) is 0. The Kier molecular flexibility index (Phi) is 3.10. The molecule has 3 nitrogen and oxygen atoms in total. The van der Waals surface area contributed by atoms with Crippen molar-refractivity contribution in [2.75, 3.05) is 0 Å². The van der Waals surface area contributed by atoms with Gasteiger partial charge in [0.1, 0.15) is 6.10 Å². The zero-order valence-electron chi connectivity index (χ0n) is 8.47. The summed E-state index contributed by atoms with van der Waals surface area (Å²) >= 11 is 0. The molecule has 0 aromatic rings. The molecule has 3 N–H and O–H groups in total. The van der Waals surface area contributed by atoms with E-state index in [0.717, 1.165) is 6.42 Å². The Morgan fingerprint density at radius 1 is 0.714 bits per heavy atom. The Morgan fingerprint density at radius 3 is 2.00 bits per heavy atom. The van der Waals surface area contributed by atoms with E-state index in [-0.39, 0.29) is 5.92 Å². The Balaban J connectivity index is 1.98. The summed E-state index contributed by atoms with van der Waals surface area (Å²) in [5.41, 5.74) is 0. The average molecular weight is 200 g/mol. The maximum Gasteiger partial charge on any atom is 0.106 e. The van der Waals surface area contributed by atoms with E-state index in [0.29, 0.717) is 12.3 Å². The Bertz CT molecular complexity index is 189. The van der Waals surface area contributed by atoms with E-state index >= 15 is 0 Å². The maximum atomic E-state index is 9.86. The van der Waals surface area contributed by atoms with Crippen molar-refractivity contribution in [1.82, 2.24) is 0 Å². The van der Waals surface area contributed by atoms with Crippen LogP contribution in [0.2, 0.25) is 0 Å². The quantitative estimate of drug-likeness (QED) is 0.583. The lowest BCUT2D eigenvalue weighted by Crippen LogP contribution is -2.48. The van der Waals surface area contributed by atoms with Crippen molar-refractivity contribution in [3.63, 3.8) is 0 Å². The first-order valence-corrected chi connectivity index (χ1v) is 5.74. The summed E-state index contributed by atoms with van der Waals surface area (Å²) in [6.07, 6.45) is 4.04. The summed E-state index contributed by atoms with van der Waals surface area (Å²) in [6, 6.07) is 0. The van der Waals surface area contributed by atoms with Crippen molar-refractivity contribution in [2.24, 2.45) is 11.8 Å². The van der Waals surface area contributed by atoms with Crippen molar-refractivity contribution in [3.8, 4) is 0 Å². The zero-order chi connectivity index (χ0) is 10.1. The molecule has 0 aromatic carbocycles. The molecule has 2 aliphatic rings. The molecule has 2 rings (SSSR count). The van der Waals surface area contributed by atoms with E-state index in [2.05, 4.69) is 0 Å². The second-order valence-electron chi connectivity index (χ2n) is 4.83. The molecule has 0 spiro atoms. The van der Waals surface area contributed by atoms with Gasteiger partial charge >= 0.3 is 0 Å². The molecule has 4 unspecified atom stereocenters. The molecule has 2 saturated carbocycles. The van der Waals surface area contributed by atoms with Gasteiger partial charge in [-0.25, -0.2) is 0 Å². The SMILES string of the molecule is OC1CCC(C2CCCC2)C(O)C1O. The third-order valence-electron chi connectivity index (χ3n) is 3.98. The van der Waals surface area contributed by atoms with Crippen LogP contribution in [0.4, 0.5) is 0 Å². The molecule has 2 fully saturated rings. The van der Waals surface area contributed by atoms with Crippen LogP contribution in [0.15, 0.2) is 0 Å². The van der Waals surface area contributed by atoms with Gasteiger partial charge in [0.25, 0.3) is 0 Å². The molecule has 4 atom stereocenters. The van der Waals surface area contributed by atoms with E-state index in [4.69, 9.17) is 0 Å². The predicted octanol–water partition coefficient (Wildman–Crippen LogP) is 0.669. The van der Waals surface area contributed by atoms with Crippen molar-refractivity contribution >= 4 is 0 Å². The average Bonchev–Trinajstić information content (AvgIpc) is 2.67. The van der Waals surface area contributed by atoms with E-state index < -0.39 is 18.3 Å². The fourth-order valence-corrected chi connectivity index (χ4v) is 3.09. The number of hydrogen-bond acceptors (Lipinski definition) is 3. The first kappa shape index (κ1) is 10.4. The number of aliphatic hydroxyl groups excluding tert-OH is 3. The molecule has 0 heterocycles. The smallest absolute Gasteiger partial charge is 0.106 e. The minimum Gasteiger partial charge on any atom is -0.390 e. The van der Waals surface area contributed by atoms with Gasteiger partial charge in [0.15, 0.2) is 0 Å². The minimum atomic E-state index is -0.922. The topological polar surface area (TPSA) is 60.7 Å². The Labute approximate surface area is 84.8 Å². The number of hydrogen-bond donors (Lipinski definition) is 3. The molecule has 0 aliphatic heterocycles. The number of rotatable bonds is 1. The van der Waals surface area contributed by atoms with Crippen LogP contribution >= 0.6 is 0 Å². The molecular formula is C11H20O3. The first-order valence-electron chi connectivity index (χ1n) is 5.74. The highest BCUT2D eigenvalue weighted by Gasteiger charge is 2.40. The molecule has 0 amide bonds. The van der Waals surface area contributed by atoms with Gasteiger partial charge in [-0.15, -0.1) is 0 Å². The molecule has 0 bridgehead atoms. The van der Waals surface area contributed by atoms with E-state index in [1.54, 1.807) is 0 Å². The van der Waals surface area contributed by atoms with Gasteiger partial charge in [0.05, 0.1) is 12.2 Å². The molecule has 82 valence electrons. The van der Waals surface area contributed by atoms with Crippen LogP contribution in [0, 0.1) is 11.8 Å². The highest BCUT2D eigenvalue weighted by atomic mass is 16.4. The molecule has 0 saturated heterocycles. The van der Waals surface area contributed by atoms with Crippen molar-refractivity contribution < 1.29 is 15.3 Å². The lowest BCUT2D eigenvalue weighted by molar-refractivity contribution is -0.120. The fourth-order valence-electron chi connectivity index (χ4n) is 3.09. The summed E-state index contributed by atoms with van der Waals surface area (Å²) in [6.45, 7) is 0. The van der Waals surface area contributed by atoms with Gasteiger partial charge in [-0.2, -0.15) is 0 Å². The first-order chi connectivity index (χ1) is 6.70. The Hall–Kier alpha value is -0.120. The molecule has 0 aromatic heterocycles. The Morgan fingerprint density at radius 2 is 1.36 bits per heavy atom. The van der Waals surface area contributed by atoms with Gasteiger partial charge < -0.3 is 15.3 Å². The normalized spacial score (nSPS) is 45.6. The highest BCUT2D eigenvalue weighted by molar-refractivity contribution is 4.91. The van der Waals surface area contributed by atoms with Gasteiger partial charge in [0, 0.05) is 0 Å². The third-order valence-corrected chi connectivity index (χ3v) is 3.98. The van der Waals surface area contributed by atoms with Crippen molar-refractivity contribution in [2.45, 2.75) is 56.8 Å². The summed E-state index contributed by atoms with van der Waals surface area (Å²) in [5, 5.41) is 28.8. The van der Waals surface area contributed by atoms with E-state index in [9.17, 15) is 15.3 Å². The van der Waals surface area contributed by atoms with Crippen molar-refractivity contribution in [1.29, 1.82) is 0 Å². The second kappa shape index (κ2) is 4.17. The van der Waals surface area contributed by atoms with Crippen LogP contribution in [-0.4, -0.2) is 33.6 Å². The van der Waals surface area contributed by atoms with E-state index in [1.807, 2.05) is 0 Å². The highest BCUT2D eigenvalue weighted by Crippen LogP contribution is 2.39. The van der Waals surface area contributed by atoms with Crippen LogP contribution in [0.1, 0.15) is 38.5 Å². The lowest BCUT2D eigenvalue weighted by Gasteiger charge is -2.38. The standard InChI is InChI=1S/C11H20O3/c12-9-6-5-8(10(13)11(9)14)7-3-1-2-4-7/h7-14H,1-6H2. The van der Waals surface area contributed by atoms with E-state index in [1.165, 1.54) is 25.7 Å². The van der Waals surface area contributed by atoms with Gasteiger partial charge in [0.2, 0.25) is 0 Å². The molecule has 2 aliphatic carbocycles. The van der Waals surface area contributed by atoms with Crippen molar-refractivity contribution in [3.05, 3.63) is 0 Å². The lowest BCUT2D eigenvalue weighted by atomic mass is 9.75. The summed E-state index contributed by atoms with van der Waals surface area (Å²) in [4.78, 5) is 0. The van der Waals surface area contributed by atoms with Gasteiger partial charge in [-0.1, -0.05) is 25.7 Å². The minimum absolute atomic E-state index is 0.218. The van der Waals surface area contributed by atoms with Gasteiger partial charge in [-0.05, 0) is 24.7 Å². The fraction of sp³-hybridized carbons (Fsp3) is 1.00. The zero-order valence-corrected chi connectivity index (χ0v) is 8.47. The summed E-state index contributed by atoms with van der Waals surface area (Å²) in [5.74, 6) is 0.794. The number of aliphatic hydroxyl groups is 3. The monoisotopic (exact) mass is 200 g/mol. The second-order valence-corrected chi connectivity index (χ2v) is 4.83. The van der Waals surface area contributed by atoms with Crippen LogP contribution in [0.5, 0.6) is 0 Å². The largest absolute Gasteiger partial charge is 0.390 e. The molecule has 0 radical (unpaired) electrons. The molecule has 14 heavy (non-hydrogen) atoms.